The molecule has 1 saturated heterocycles. The topological polar surface area (TPSA) is 53.0 Å². The number of carboxylic acid groups (broad SMARTS) is 1. The van der Waals surface area contributed by atoms with Crippen LogP contribution in [0.1, 0.15) is 23.2 Å². The first-order valence-corrected chi connectivity index (χ1v) is 7.88. The van der Waals surface area contributed by atoms with E-state index >= 15 is 0 Å². The summed E-state index contributed by atoms with van der Waals surface area (Å²) in [4.78, 5) is 15.8. The summed E-state index contributed by atoms with van der Waals surface area (Å²) in [5.41, 5.74) is 0.229. The third kappa shape index (κ3) is 5.00. The van der Waals surface area contributed by atoms with Crippen LogP contribution in [0.15, 0.2) is 24.3 Å². The number of para-hydroxylation sites is 1. The second-order valence-corrected chi connectivity index (χ2v) is 6.20. The van der Waals surface area contributed by atoms with Gasteiger partial charge in [0.2, 0.25) is 0 Å². The molecule has 0 amide bonds. The molecule has 1 aromatic rings. The molecule has 1 aromatic carbocycles. The van der Waals surface area contributed by atoms with Crippen LogP contribution in [0, 0.1) is 5.92 Å². The Labute approximate surface area is 132 Å². The Balaban J connectivity index is 1.73. The van der Waals surface area contributed by atoms with Crippen molar-refractivity contribution in [3.8, 4) is 5.75 Å². The molecule has 5 heteroatoms. The van der Waals surface area contributed by atoms with E-state index in [0.29, 0.717) is 12.4 Å². The maximum atomic E-state index is 11.1. The van der Waals surface area contributed by atoms with Crippen molar-refractivity contribution in [2.24, 2.45) is 5.92 Å². The first-order valence-electron chi connectivity index (χ1n) is 7.88. The first-order chi connectivity index (χ1) is 10.6. The van der Waals surface area contributed by atoms with Crippen molar-refractivity contribution >= 4 is 5.97 Å². The molecule has 22 heavy (non-hydrogen) atoms. The molecule has 0 radical (unpaired) electrons. The second-order valence-electron chi connectivity index (χ2n) is 6.20. The molecule has 0 aromatic heterocycles. The van der Waals surface area contributed by atoms with Crippen molar-refractivity contribution in [3.63, 3.8) is 0 Å². The zero-order valence-corrected chi connectivity index (χ0v) is 13.5. The van der Waals surface area contributed by atoms with Crippen LogP contribution < -0.4 is 4.74 Å². The molecule has 0 aliphatic carbocycles. The molecular formula is C17H26N2O3. The van der Waals surface area contributed by atoms with Crippen molar-refractivity contribution in [2.45, 2.75) is 12.8 Å². The van der Waals surface area contributed by atoms with Crippen molar-refractivity contribution in [3.05, 3.63) is 29.8 Å². The standard InChI is InChI=1S/C17H26N2O3/c1-18(2)13-14-7-9-19(10-8-14)11-12-22-16-6-4-3-5-15(16)17(20)21/h3-6,14H,7-13H2,1-2H3,(H,20,21). The largest absolute Gasteiger partial charge is 0.491 e. The molecule has 2 rings (SSSR count). The van der Waals surface area contributed by atoms with Gasteiger partial charge < -0.3 is 14.7 Å². The average Bonchev–Trinajstić information content (AvgIpc) is 2.49. The van der Waals surface area contributed by atoms with Crippen LogP contribution in [-0.2, 0) is 0 Å². The van der Waals surface area contributed by atoms with E-state index in [1.54, 1.807) is 24.3 Å². The van der Waals surface area contributed by atoms with E-state index in [9.17, 15) is 4.79 Å². The molecule has 1 fully saturated rings. The maximum absolute atomic E-state index is 11.1. The highest BCUT2D eigenvalue weighted by Crippen LogP contribution is 2.19. The lowest BCUT2D eigenvalue weighted by atomic mass is 9.96. The van der Waals surface area contributed by atoms with E-state index in [2.05, 4.69) is 23.9 Å². The van der Waals surface area contributed by atoms with Gasteiger partial charge in [0.15, 0.2) is 0 Å². The van der Waals surface area contributed by atoms with E-state index in [-0.39, 0.29) is 5.56 Å². The fraction of sp³-hybridized carbons (Fsp3) is 0.588. The number of rotatable bonds is 7. The molecule has 0 bridgehead atoms. The normalized spacial score (nSPS) is 16.9. The van der Waals surface area contributed by atoms with Gasteiger partial charge in [-0.15, -0.1) is 0 Å². The minimum absolute atomic E-state index is 0.229. The summed E-state index contributed by atoms with van der Waals surface area (Å²) in [5, 5.41) is 9.12. The van der Waals surface area contributed by atoms with Crippen LogP contribution in [0.4, 0.5) is 0 Å². The van der Waals surface area contributed by atoms with Crippen LogP contribution in [0.3, 0.4) is 0 Å². The maximum Gasteiger partial charge on any atom is 0.339 e. The number of likely N-dealkylation sites (tertiary alicyclic amines) is 1. The Bertz CT molecular complexity index is 483. The van der Waals surface area contributed by atoms with E-state index in [0.717, 1.165) is 32.1 Å². The van der Waals surface area contributed by atoms with Gasteiger partial charge in [0, 0.05) is 13.1 Å². The smallest absolute Gasteiger partial charge is 0.339 e. The van der Waals surface area contributed by atoms with Gasteiger partial charge in [0.05, 0.1) is 0 Å². The number of carbonyl (C=O) groups is 1. The predicted octanol–water partition coefficient (Wildman–Crippen LogP) is 2.04. The highest BCUT2D eigenvalue weighted by Gasteiger charge is 2.19. The third-order valence-corrected chi connectivity index (χ3v) is 4.11. The first kappa shape index (κ1) is 16.8. The van der Waals surface area contributed by atoms with Crippen molar-refractivity contribution < 1.29 is 14.6 Å². The van der Waals surface area contributed by atoms with Gasteiger partial charge >= 0.3 is 5.97 Å². The molecule has 0 atom stereocenters. The molecule has 1 aliphatic rings. The van der Waals surface area contributed by atoms with Crippen LogP contribution >= 0.6 is 0 Å². The molecule has 122 valence electrons. The number of hydrogen-bond acceptors (Lipinski definition) is 4. The van der Waals surface area contributed by atoms with Crippen LogP contribution in [-0.4, -0.2) is 67.8 Å². The number of carboxylic acids is 1. The van der Waals surface area contributed by atoms with Gasteiger partial charge in [-0.1, -0.05) is 12.1 Å². The van der Waals surface area contributed by atoms with E-state index in [1.165, 1.54) is 12.8 Å². The predicted molar refractivity (Wildman–Crippen MR) is 86.6 cm³/mol. The lowest BCUT2D eigenvalue weighted by Gasteiger charge is -2.33. The van der Waals surface area contributed by atoms with Gasteiger partial charge in [0.25, 0.3) is 0 Å². The summed E-state index contributed by atoms with van der Waals surface area (Å²) in [6.45, 7) is 4.74. The fourth-order valence-electron chi connectivity index (χ4n) is 2.96. The monoisotopic (exact) mass is 306 g/mol. The van der Waals surface area contributed by atoms with Gasteiger partial charge in [-0.3, -0.25) is 4.90 Å². The number of aromatic carboxylic acids is 1. The van der Waals surface area contributed by atoms with Gasteiger partial charge in [0.1, 0.15) is 17.9 Å². The van der Waals surface area contributed by atoms with Gasteiger partial charge in [-0.2, -0.15) is 0 Å². The minimum atomic E-state index is -0.944. The number of hydrogen-bond donors (Lipinski definition) is 1. The number of benzene rings is 1. The van der Waals surface area contributed by atoms with Crippen molar-refractivity contribution in [1.29, 1.82) is 0 Å². The quantitative estimate of drug-likeness (QED) is 0.835. The average molecular weight is 306 g/mol. The van der Waals surface area contributed by atoms with Gasteiger partial charge in [-0.25, -0.2) is 4.79 Å². The highest BCUT2D eigenvalue weighted by molar-refractivity contribution is 5.90. The summed E-state index contributed by atoms with van der Waals surface area (Å²) in [6.07, 6.45) is 2.45. The summed E-state index contributed by atoms with van der Waals surface area (Å²) < 4.78 is 5.66. The molecule has 0 saturated carbocycles. The Kier molecular flexibility index (Phi) is 6.21. The second kappa shape index (κ2) is 8.15. The SMILES string of the molecule is CN(C)CC1CCN(CCOc2ccccc2C(=O)O)CC1. The fourth-order valence-corrected chi connectivity index (χ4v) is 2.96. The zero-order valence-electron chi connectivity index (χ0n) is 13.5. The molecule has 1 heterocycles. The summed E-state index contributed by atoms with van der Waals surface area (Å²) in [5.74, 6) is 0.303. The lowest BCUT2D eigenvalue weighted by Crippen LogP contribution is -2.39. The van der Waals surface area contributed by atoms with E-state index in [4.69, 9.17) is 9.84 Å². The number of ether oxygens (including phenoxy) is 1. The van der Waals surface area contributed by atoms with Crippen LogP contribution in [0.25, 0.3) is 0 Å². The highest BCUT2D eigenvalue weighted by atomic mass is 16.5. The Morgan fingerprint density at radius 1 is 1.32 bits per heavy atom. The Morgan fingerprint density at radius 2 is 2.00 bits per heavy atom. The molecule has 5 nitrogen and oxygen atoms in total. The molecule has 0 unspecified atom stereocenters. The summed E-state index contributed by atoms with van der Waals surface area (Å²) >= 11 is 0. The van der Waals surface area contributed by atoms with Crippen LogP contribution in [0.2, 0.25) is 0 Å². The Hall–Kier alpha value is -1.59. The number of piperidine rings is 1. The molecule has 1 N–H and O–H groups in total. The van der Waals surface area contributed by atoms with Crippen molar-refractivity contribution in [2.75, 3.05) is 46.9 Å². The summed E-state index contributed by atoms with van der Waals surface area (Å²) in [6, 6.07) is 6.80. The minimum Gasteiger partial charge on any atom is -0.491 e. The Morgan fingerprint density at radius 3 is 2.64 bits per heavy atom. The molecule has 0 spiro atoms. The van der Waals surface area contributed by atoms with E-state index in [1.807, 2.05) is 0 Å². The van der Waals surface area contributed by atoms with Gasteiger partial charge in [-0.05, 0) is 58.1 Å². The number of nitrogens with zero attached hydrogens (tertiary/aromatic N) is 2. The van der Waals surface area contributed by atoms with Crippen molar-refractivity contribution in [1.82, 2.24) is 9.80 Å². The lowest BCUT2D eigenvalue weighted by molar-refractivity contribution is 0.0691. The molecular weight excluding hydrogens is 280 g/mol. The zero-order chi connectivity index (χ0) is 15.9. The van der Waals surface area contributed by atoms with E-state index < -0.39 is 5.97 Å². The third-order valence-electron chi connectivity index (χ3n) is 4.11. The summed E-state index contributed by atoms with van der Waals surface area (Å²) in [7, 11) is 4.25. The molecule has 1 aliphatic heterocycles. The van der Waals surface area contributed by atoms with Crippen LogP contribution in [0.5, 0.6) is 5.75 Å².